The number of hydrogen-bond donors (Lipinski definition) is 2. The molecule has 2 N–H and O–H groups in total. The van der Waals surface area contributed by atoms with Gasteiger partial charge in [0.25, 0.3) is 0 Å². The summed E-state index contributed by atoms with van der Waals surface area (Å²) in [6.07, 6.45) is 4.71. The van der Waals surface area contributed by atoms with Gasteiger partial charge in [-0.1, -0.05) is 6.07 Å². The van der Waals surface area contributed by atoms with Crippen LogP contribution in [0.3, 0.4) is 0 Å². The molecule has 0 saturated heterocycles. The lowest BCUT2D eigenvalue weighted by Gasteiger charge is -2.28. The SMILES string of the molecule is COCCNCC(O)C1CCCc2cccnc21. The molecular weight excluding hydrogens is 228 g/mol. The summed E-state index contributed by atoms with van der Waals surface area (Å²) in [5, 5.41) is 13.5. The number of nitrogens with zero attached hydrogens (tertiary/aromatic N) is 1. The molecule has 0 spiro atoms. The Bertz CT molecular complexity index is 371. The van der Waals surface area contributed by atoms with Gasteiger partial charge >= 0.3 is 0 Å². The maximum atomic E-state index is 10.3. The molecule has 4 heteroatoms. The molecule has 2 rings (SSSR count). The monoisotopic (exact) mass is 250 g/mol. The summed E-state index contributed by atoms with van der Waals surface area (Å²) in [7, 11) is 1.68. The molecule has 2 unspecified atom stereocenters. The van der Waals surface area contributed by atoms with E-state index in [-0.39, 0.29) is 12.0 Å². The zero-order valence-corrected chi connectivity index (χ0v) is 10.9. The van der Waals surface area contributed by atoms with E-state index in [1.807, 2.05) is 12.3 Å². The highest BCUT2D eigenvalue weighted by Crippen LogP contribution is 2.32. The van der Waals surface area contributed by atoms with Crippen LogP contribution in [-0.2, 0) is 11.2 Å². The smallest absolute Gasteiger partial charge is 0.0748 e. The lowest BCUT2D eigenvalue weighted by molar-refractivity contribution is 0.125. The Morgan fingerprint density at radius 2 is 2.50 bits per heavy atom. The topological polar surface area (TPSA) is 54.4 Å². The van der Waals surface area contributed by atoms with Crippen LogP contribution < -0.4 is 5.32 Å². The van der Waals surface area contributed by atoms with Crippen LogP contribution in [0.5, 0.6) is 0 Å². The van der Waals surface area contributed by atoms with Crippen molar-refractivity contribution in [1.29, 1.82) is 0 Å². The molecule has 18 heavy (non-hydrogen) atoms. The van der Waals surface area contributed by atoms with Crippen LogP contribution in [0.25, 0.3) is 0 Å². The zero-order valence-electron chi connectivity index (χ0n) is 10.9. The first-order valence-electron chi connectivity index (χ1n) is 6.64. The van der Waals surface area contributed by atoms with E-state index in [9.17, 15) is 5.11 Å². The van der Waals surface area contributed by atoms with Crippen LogP contribution >= 0.6 is 0 Å². The van der Waals surface area contributed by atoms with Gasteiger partial charge in [-0.2, -0.15) is 0 Å². The Kier molecular flexibility index (Phi) is 5.11. The Morgan fingerprint density at radius 3 is 3.33 bits per heavy atom. The predicted octanol–water partition coefficient (Wildman–Crippen LogP) is 1.10. The molecule has 1 aromatic heterocycles. The highest BCUT2D eigenvalue weighted by molar-refractivity contribution is 5.26. The normalized spacial score (nSPS) is 20.4. The summed E-state index contributed by atoms with van der Waals surface area (Å²) in [6.45, 7) is 2.05. The molecule has 1 heterocycles. The van der Waals surface area contributed by atoms with E-state index in [4.69, 9.17) is 4.74 Å². The van der Waals surface area contributed by atoms with Crippen molar-refractivity contribution in [3.8, 4) is 0 Å². The van der Waals surface area contributed by atoms with Crippen molar-refractivity contribution in [3.63, 3.8) is 0 Å². The fraction of sp³-hybridized carbons (Fsp3) is 0.643. The van der Waals surface area contributed by atoms with Gasteiger partial charge in [0.2, 0.25) is 0 Å². The highest BCUT2D eigenvalue weighted by atomic mass is 16.5. The van der Waals surface area contributed by atoms with Crippen LogP contribution in [0.4, 0.5) is 0 Å². The summed E-state index contributed by atoms with van der Waals surface area (Å²) in [4.78, 5) is 4.45. The first-order valence-corrected chi connectivity index (χ1v) is 6.64. The minimum Gasteiger partial charge on any atom is -0.391 e. The Morgan fingerprint density at radius 1 is 1.61 bits per heavy atom. The molecular formula is C14H22N2O2. The van der Waals surface area contributed by atoms with Gasteiger partial charge in [0.15, 0.2) is 0 Å². The van der Waals surface area contributed by atoms with Gasteiger partial charge in [0, 0.05) is 38.0 Å². The molecule has 0 fully saturated rings. The van der Waals surface area contributed by atoms with E-state index < -0.39 is 0 Å². The third-order valence-corrected chi connectivity index (χ3v) is 3.54. The van der Waals surface area contributed by atoms with Crippen molar-refractivity contribution < 1.29 is 9.84 Å². The molecule has 0 radical (unpaired) electrons. The van der Waals surface area contributed by atoms with Gasteiger partial charge in [0.05, 0.1) is 12.7 Å². The second-order valence-corrected chi connectivity index (χ2v) is 4.81. The number of methoxy groups -OCH3 is 1. The van der Waals surface area contributed by atoms with Crippen LogP contribution in [0.1, 0.15) is 30.0 Å². The molecule has 0 amide bonds. The molecule has 0 aromatic carbocycles. The van der Waals surface area contributed by atoms with E-state index in [2.05, 4.69) is 16.4 Å². The minimum atomic E-state index is -0.365. The third-order valence-electron chi connectivity index (χ3n) is 3.54. The molecule has 0 aliphatic heterocycles. The van der Waals surface area contributed by atoms with Gasteiger partial charge in [-0.15, -0.1) is 0 Å². The van der Waals surface area contributed by atoms with Gasteiger partial charge in [-0.3, -0.25) is 4.98 Å². The maximum Gasteiger partial charge on any atom is 0.0748 e. The van der Waals surface area contributed by atoms with Crippen molar-refractivity contribution in [3.05, 3.63) is 29.6 Å². The maximum absolute atomic E-state index is 10.3. The standard InChI is InChI=1S/C14H22N2O2/c1-18-9-8-15-10-13(17)12-6-2-4-11-5-3-7-16-14(11)12/h3,5,7,12-13,15,17H,2,4,6,8-10H2,1H3. The first kappa shape index (κ1) is 13.5. The lowest BCUT2D eigenvalue weighted by Crippen LogP contribution is -2.35. The van der Waals surface area contributed by atoms with E-state index in [0.717, 1.165) is 31.5 Å². The second kappa shape index (κ2) is 6.83. The molecule has 1 aromatic rings. The fourth-order valence-electron chi connectivity index (χ4n) is 2.59. The molecule has 0 bridgehead atoms. The summed E-state index contributed by atoms with van der Waals surface area (Å²) >= 11 is 0. The van der Waals surface area contributed by atoms with Crippen molar-refractivity contribution >= 4 is 0 Å². The molecule has 2 atom stereocenters. The summed E-state index contributed by atoms with van der Waals surface area (Å²) < 4.78 is 4.97. The molecule has 100 valence electrons. The summed E-state index contributed by atoms with van der Waals surface area (Å²) in [6, 6.07) is 4.10. The average Bonchev–Trinajstić information content (AvgIpc) is 2.43. The number of aliphatic hydroxyl groups is 1. The van der Waals surface area contributed by atoms with Crippen LogP contribution in [0.15, 0.2) is 18.3 Å². The van der Waals surface area contributed by atoms with Crippen molar-refractivity contribution in [2.45, 2.75) is 31.3 Å². The lowest BCUT2D eigenvalue weighted by atomic mass is 9.83. The Hall–Kier alpha value is -0.970. The number of aliphatic hydroxyl groups excluding tert-OH is 1. The Labute approximate surface area is 108 Å². The summed E-state index contributed by atoms with van der Waals surface area (Å²) in [5.74, 6) is 0.171. The van der Waals surface area contributed by atoms with Gasteiger partial charge < -0.3 is 15.2 Å². The number of rotatable bonds is 6. The molecule has 4 nitrogen and oxygen atoms in total. The molecule has 0 saturated carbocycles. The number of fused-ring (bicyclic) bond motifs is 1. The van der Waals surface area contributed by atoms with E-state index in [1.165, 1.54) is 5.56 Å². The number of hydrogen-bond acceptors (Lipinski definition) is 4. The van der Waals surface area contributed by atoms with Crippen molar-refractivity contribution in [2.75, 3.05) is 26.8 Å². The van der Waals surface area contributed by atoms with Crippen LogP contribution in [0.2, 0.25) is 0 Å². The van der Waals surface area contributed by atoms with Gasteiger partial charge in [0.1, 0.15) is 0 Å². The van der Waals surface area contributed by atoms with E-state index >= 15 is 0 Å². The highest BCUT2D eigenvalue weighted by Gasteiger charge is 2.27. The van der Waals surface area contributed by atoms with E-state index in [1.54, 1.807) is 7.11 Å². The first-order chi connectivity index (χ1) is 8.83. The van der Waals surface area contributed by atoms with Crippen molar-refractivity contribution in [1.82, 2.24) is 10.3 Å². The number of nitrogens with one attached hydrogen (secondary N) is 1. The second-order valence-electron chi connectivity index (χ2n) is 4.81. The van der Waals surface area contributed by atoms with Crippen LogP contribution in [-0.4, -0.2) is 43.0 Å². The third kappa shape index (κ3) is 3.28. The zero-order chi connectivity index (χ0) is 12.8. The minimum absolute atomic E-state index is 0.171. The van der Waals surface area contributed by atoms with Gasteiger partial charge in [-0.05, 0) is 30.9 Å². The summed E-state index contributed by atoms with van der Waals surface area (Å²) in [5.41, 5.74) is 2.38. The largest absolute Gasteiger partial charge is 0.391 e. The number of ether oxygens (including phenoxy) is 1. The Balaban J connectivity index is 1.93. The van der Waals surface area contributed by atoms with Crippen LogP contribution in [0, 0.1) is 0 Å². The average molecular weight is 250 g/mol. The van der Waals surface area contributed by atoms with Gasteiger partial charge in [-0.25, -0.2) is 0 Å². The number of aryl methyl sites for hydroxylation is 1. The number of aromatic nitrogens is 1. The van der Waals surface area contributed by atoms with Crippen molar-refractivity contribution in [2.24, 2.45) is 0 Å². The van der Waals surface area contributed by atoms with E-state index in [0.29, 0.717) is 13.2 Å². The fourth-order valence-corrected chi connectivity index (χ4v) is 2.59. The molecule has 1 aliphatic carbocycles. The number of pyridine rings is 1. The quantitative estimate of drug-likeness (QED) is 0.742. The molecule has 1 aliphatic rings. The predicted molar refractivity (Wildman–Crippen MR) is 70.7 cm³/mol.